The molecule has 0 aliphatic carbocycles. The highest BCUT2D eigenvalue weighted by molar-refractivity contribution is 7.89. The first kappa shape index (κ1) is 22.0. The normalized spacial score (nSPS) is 15.7. The minimum absolute atomic E-state index is 0.155. The summed E-state index contributed by atoms with van der Waals surface area (Å²) < 4.78 is 29.4. The Morgan fingerprint density at radius 3 is 2.47 bits per heavy atom. The van der Waals surface area contributed by atoms with E-state index in [9.17, 15) is 13.2 Å². The standard InChI is InChI=1S/C21H27N5O3S/c1-15-8-11-25(12-9-15)30(28,29)21-16(2)24-26(17(21)3)13-10-20(27)23-19-6-4-18(14-22)5-7-19/h4-7,15H,8-13H2,1-3H3,(H,23,27). The lowest BCUT2D eigenvalue weighted by Gasteiger charge is -2.29. The second kappa shape index (κ2) is 8.98. The van der Waals surface area contributed by atoms with Crippen LogP contribution in [0.4, 0.5) is 5.69 Å². The van der Waals surface area contributed by atoms with Crippen LogP contribution in [0, 0.1) is 31.1 Å². The van der Waals surface area contributed by atoms with Crippen LogP contribution in [-0.4, -0.2) is 41.5 Å². The van der Waals surface area contributed by atoms with E-state index in [4.69, 9.17) is 5.26 Å². The van der Waals surface area contributed by atoms with Crippen molar-refractivity contribution in [3.63, 3.8) is 0 Å². The van der Waals surface area contributed by atoms with Crippen molar-refractivity contribution < 1.29 is 13.2 Å². The van der Waals surface area contributed by atoms with Crippen molar-refractivity contribution in [2.75, 3.05) is 18.4 Å². The molecule has 1 aromatic heterocycles. The average Bonchev–Trinajstić information content (AvgIpc) is 3.01. The van der Waals surface area contributed by atoms with Gasteiger partial charge in [-0.2, -0.15) is 14.7 Å². The first-order chi connectivity index (χ1) is 14.2. The van der Waals surface area contributed by atoms with Crippen LogP contribution in [0.1, 0.15) is 43.1 Å². The molecule has 0 bridgehead atoms. The number of nitriles is 1. The molecule has 3 rings (SSSR count). The molecule has 0 spiro atoms. The Balaban J connectivity index is 1.67. The molecule has 8 nitrogen and oxygen atoms in total. The number of nitrogens with zero attached hydrogens (tertiary/aromatic N) is 4. The molecule has 1 aliphatic heterocycles. The number of benzene rings is 1. The number of hydrogen-bond donors (Lipinski definition) is 1. The maximum Gasteiger partial charge on any atom is 0.246 e. The number of carbonyl (C=O) groups excluding carboxylic acids is 1. The molecule has 0 saturated carbocycles. The molecular weight excluding hydrogens is 402 g/mol. The van der Waals surface area contributed by atoms with Gasteiger partial charge in [-0.1, -0.05) is 6.92 Å². The summed E-state index contributed by atoms with van der Waals surface area (Å²) in [6, 6.07) is 8.64. The van der Waals surface area contributed by atoms with Gasteiger partial charge in [0.15, 0.2) is 0 Å². The molecule has 1 N–H and O–H groups in total. The van der Waals surface area contributed by atoms with Crippen molar-refractivity contribution >= 4 is 21.6 Å². The summed E-state index contributed by atoms with van der Waals surface area (Å²) >= 11 is 0. The number of anilines is 1. The Kier molecular flexibility index (Phi) is 6.58. The Hall–Kier alpha value is -2.70. The van der Waals surface area contributed by atoms with Gasteiger partial charge in [0.05, 0.1) is 29.6 Å². The zero-order valence-electron chi connectivity index (χ0n) is 17.6. The summed E-state index contributed by atoms with van der Waals surface area (Å²) in [7, 11) is -3.60. The molecule has 160 valence electrons. The van der Waals surface area contributed by atoms with E-state index in [1.807, 2.05) is 6.07 Å². The predicted octanol–water partition coefficient (Wildman–Crippen LogP) is 2.82. The van der Waals surface area contributed by atoms with E-state index in [-0.39, 0.29) is 23.8 Å². The quantitative estimate of drug-likeness (QED) is 0.760. The summed E-state index contributed by atoms with van der Waals surface area (Å²) in [5.41, 5.74) is 2.14. The van der Waals surface area contributed by atoms with Crippen LogP contribution in [0.15, 0.2) is 29.2 Å². The largest absolute Gasteiger partial charge is 0.326 e. The van der Waals surface area contributed by atoms with Gasteiger partial charge < -0.3 is 5.32 Å². The molecule has 0 unspecified atom stereocenters. The van der Waals surface area contributed by atoms with E-state index in [1.54, 1.807) is 47.1 Å². The molecule has 1 aromatic carbocycles. The van der Waals surface area contributed by atoms with Gasteiger partial charge in [-0.25, -0.2) is 8.42 Å². The van der Waals surface area contributed by atoms with Crippen molar-refractivity contribution in [3.8, 4) is 6.07 Å². The topological polar surface area (TPSA) is 108 Å². The van der Waals surface area contributed by atoms with Crippen molar-refractivity contribution in [3.05, 3.63) is 41.2 Å². The monoisotopic (exact) mass is 429 g/mol. The fourth-order valence-electron chi connectivity index (χ4n) is 3.68. The van der Waals surface area contributed by atoms with Crippen LogP contribution in [0.2, 0.25) is 0 Å². The van der Waals surface area contributed by atoms with Crippen LogP contribution in [0.5, 0.6) is 0 Å². The number of amides is 1. The summed E-state index contributed by atoms with van der Waals surface area (Å²) in [5, 5.41) is 16.0. The number of nitrogens with one attached hydrogen (secondary N) is 1. The molecule has 1 fully saturated rings. The smallest absolute Gasteiger partial charge is 0.246 e. The molecule has 9 heteroatoms. The van der Waals surface area contributed by atoms with Gasteiger partial charge in [0.25, 0.3) is 0 Å². The maximum absolute atomic E-state index is 13.2. The first-order valence-electron chi connectivity index (χ1n) is 10.1. The SMILES string of the molecule is Cc1nn(CCC(=O)Nc2ccc(C#N)cc2)c(C)c1S(=O)(=O)N1CCC(C)CC1. The molecule has 2 heterocycles. The maximum atomic E-state index is 13.2. The number of aromatic nitrogens is 2. The number of rotatable bonds is 6. The van der Waals surface area contributed by atoms with E-state index in [1.165, 1.54) is 0 Å². The molecule has 0 radical (unpaired) electrons. The van der Waals surface area contributed by atoms with Crippen LogP contribution in [0.25, 0.3) is 0 Å². The molecule has 1 saturated heterocycles. The average molecular weight is 430 g/mol. The minimum atomic E-state index is -3.60. The highest BCUT2D eigenvalue weighted by atomic mass is 32.2. The van der Waals surface area contributed by atoms with Crippen LogP contribution in [-0.2, 0) is 21.4 Å². The molecule has 0 atom stereocenters. The summed E-state index contributed by atoms with van der Waals surface area (Å²) in [5.74, 6) is 0.331. The summed E-state index contributed by atoms with van der Waals surface area (Å²) in [4.78, 5) is 12.5. The lowest BCUT2D eigenvalue weighted by molar-refractivity contribution is -0.116. The van der Waals surface area contributed by atoms with Gasteiger partial charge >= 0.3 is 0 Å². The van der Waals surface area contributed by atoms with Gasteiger partial charge in [-0.15, -0.1) is 0 Å². The zero-order valence-corrected chi connectivity index (χ0v) is 18.4. The number of hydrogen-bond acceptors (Lipinski definition) is 5. The third-order valence-corrected chi connectivity index (χ3v) is 7.66. The molecule has 1 aliphatic rings. The first-order valence-corrected chi connectivity index (χ1v) is 11.5. The lowest BCUT2D eigenvalue weighted by atomic mass is 10.0. The van der Waals surface area contributed by atoms with E-state index in [2.05, 4.69) is 17.3 Å². The van der Waals surface area contributed by atoms with Crippen LogP contribution < -0.4 is 5.32 Å². The van der Waals surface area contributed by atoms with E-state index in [0.717, 1.165) is 12.8 Å². The second-order valence-corrected chi connectivity index (χ2v) is 9.67. The van der Waals surface area contributed by atoms with Gasteiger partial charge in [0.2, 0.25) is 15.9 Å². The fraction of sp³-hybridized carbons (Fsp3) is 0.476. The number of piperidine rings is 1. The minimum Gasteiger partial charge on any atom is -0.326 e. The number of sulfonamides is 1. The molecular formula is C21H27N5O3S. The van der Waals surface area contributed by atoms with Gasteiger partial charge in [-0.05, 0) is 56.9 Å². The third-order valence-electron chi connectivity index (χ3n) is 5.50. The van der Waals surface area contributed by atoms with Crippen LogP contribution in [0.3, 0.4) is 0 Å². The Bertz CT molecular complexity index is 1060. The Morgan fingerprint density at radius 1 is 1.23 bits per heavy atom. The highest BCUT2D eigenvalue weighted by Gasteiger charge is 2.32. The molecule has 1 amide bonds. The number of aryl methyl sites for hydroxylation is 2. The van der Waals surface area contributed by atoms with E-state index < -0.39 is 10.0 Å². The zero-order chi connectivity index (χ0) is 21.9. The third kappa shape index (κ3) is 4.71. The Labute approximate surface area is 177 Å². The summed E-state index contributed by atoms with van der Waals surface area (Å²) in [6.07, 6.45) is 1.88. The van der Waals surface area contributed by atoms with Gasteiger partial charge in [0, 0.05) is 25.2 Å². The van der Waals surface area contributed by atoms with Crippen molar-refractivity contribution in [1.82, 2.24) is 14.1 Å². The predicted molar refractivity (Wildman–Crippen MR) is 113 cm³/mol. The van der Waals surface area contributed by atoms with Crippen molar-refractivity contribution in [2.45, 2.75) is 51.5 Å². The van der Waals surface area contributed by atoms with Crippen molar-refractivity contribution in [2.24, 2.45) is 5.92 Å². The highest BCUT2D eigenvalue weighted by Crippen LogP contribution is 2.27. The van der Waals surface area contributed by atoms with Crippen LogP contribution >= 0.6 is 0 Å². The van der Waals surface area contributed by atoms with Gasteiger partial charge in [0.1, 0.15) is 4.90 Å². The van der Waals surface area contributed by atoms with Crippen molar-refractivity contribution in [1.29, 1.82) is 5.26 Å². The lowest BCUT2D eigenvalue weighted by Crippen LogP contribution is -2.38. The number of carbonyl (C=O) groups is 1. The van der Waals surface area contributed by atoms with Gasteiger partial charge in [-0.3, -0.25) is 9.48 Å². The Morgan fingerprint density at radius 2 is 1.87 bits per heavy atom. The summed E-state index contributed by atoms with van der Waals surface area (Å²) in [6.45, 7) is 6.90. The van der Waals surface area contributed by atoms with E-state index in [0.29, 0.717) is 41.6 Å². The molecule has 30 heavy (non-hydrogen) atoms. The second-order valence-electron chi connectivity index (χ2n) is 7.80. The van der Waals surface area contributed by atoms with E-state index >= 15 is 0 Å². The molecule has 2 aromatic rings. The fourth-order valence-corrected chi connectivity index (χ4v) is 5.53.